The van der Waals surface area contributed by atoms with Crippen molar-refractivity contribution in [1.82, 2.24) is 30.5 Å². The Bertz CT molecular complexity index is 1000. The van der Waals surface area contributed by atoms with Gasteiger partial charge >= 0.3 is 0 Å². The molecule has 3 rings (SSSR count). The van der Waals surface area contributed by atoms with Gasteiger partial charge in [0.15, 0.2) is 12.3 Å². The maximum absolute atomic E-state index is 11.9. The van der Waals surface area contributed by atoms with E-state index in [1.807, 2.05) is 48.5 Å². The van der Waals surface area contributed by atoms with Crippen LogP contribution in [0.15, 0.2) is 53.7 Å². The Morgan fingerprint density at radius 1 is 1.10 bits per heavy atom. The molecule has 0 radical (unpaired) electrons. The summed E-state index contributed by atoms with van der Waals surface area (Å²) in [6.45, 7) is 2.69. The summed E-state index contributed by atoms with van der Waals surface area (Å²) in [6, 6.07) is 15.2. The Morgan fingerprint density at radius 3 is 2.65 bits per heavy atom. The molecule has 0 bridgehead atoms. The highest BCUT2D eigenvalue weighted by atomic mass is 16.6. The molecule has 31 heavy (non-hydrogen) atoms. The smallest absolute Gasteiger partial charge is 0.220 e. The largest absolute Gasteiger partial charge is 0.389 e. The lowest BCUT2D eigenvalue weighted by Crippen LogP contribution is -2.23. The van der Waals surface area contributed by atoms with Crippen molar-refractivity contribution in [3.05, 3.63) is 71.3 Å². The molecule has 162 valence electrons. The Balaban J connectivity index is 1.62. The third kappa shape index (κ3) is 6.70. The summed E-state index contributed by atoms with van der Waals surface area (Å²) in [5.41, 5.74) is 2.86. The monoisotopic (exact) mass is 421 g/mol. The van der Waals surface area contributed by atoms with E-state index >= 15 is 0 Å². The molecule has 2 aromatic heterocycles. The number of hydrogen-bond donors (Lipinski definition) is 1. The fraction of sp³-hybridized carbons (Fsp3) is 0.364. The SMILES string of the molecule is CCCCCC(=O)NCc1cccc(CON=C(c2ccccc2)c2nnnn2C)n1. The van der Waals surface area contributed by atoms with Gasteiger partial charge in [0.2, 0.25) is 11.7 Å². The predicted octanol–water partition coefficient (Wildman–Crippen LogP) is 2.77. The molecule has 3 aromatic rings. The number of nitrogens with one attached hydrogen (secondary N) is 1. The van der Waals surface area contributed by atoms with Gasteiger partial charge in [0, 0.05) is 19.0 Å². The van der Waals surface area contributed by atoms with Crippen molar-refractivity contribution < 1.29 is 9.63 Å². The normalized spacial score (nSPS) is 11.4. The predicted molar refractivity (Wildman–Crippen MR) is 116 cm³/mol. The summed E-state index contributed by atoms with van der Waals surface area (Å²) < 4.78 is 1.54. The summed E-state index contributed by atoms with van der Waals surface area (Å²) in [5, 5.41) is 18.8. The molecule has 1 N–H and O–H groups in total. The lowest BCUT2D eigenvalue weighted by atomic mass is 10.1. The molecule has 9 heteroatoms. The average Bonchev–Trinajstić information content (AvgIpc) is 3.22. The van der Waals surface area contributed by atoms with E-state index in [4.69, 9.17) is 4.84 Å². The molecule has 0 atom stereocenters. The van der Waals surface area contributed by atoms with Crippen molar-refractivity contribution in [2.24, 2.45) is 12.2 Å². The van der Waals surface area contributed by atoms with E-state index in [9.17, 15) is 4.79 Å². The first-order chi connectivity index (χ1) is 15.2. The number of benzene rings is 1. The van der Waals surface area contributed by atoms with Crippen LogP contribution in [0.2, 0.25) is 0 Å². The first-order valence-electron chi connectivity index (χ1n) is 10.4. The number of carbonyl (C=O) groups excluding carboxylic acids is 1. The first-order valence-corrected chi connectivity index (χ1v) is 10.4. The van der Waals surface area contributed by atoms with E-state index in [0.29, 0.717) is 30.2 Å². The van der Waals surface area contributed by atoms with Crippen molar-refractivity contribution in [1.29, 1.82) is 0 Å². The summed E-state index contributed by atoms with van der Waals surface area (Å²) in [5.74, 6) is 0.546. The second-order valence-electron chi connectivity index (χ2n) is 7.06. The van der Waals surface area contributed by atoms with Crippen LogP contribution in [-0.4, -0.2) is 36.8 Å². The number of hydrogen-bond acceptors (Lipinski definition) is 7. The molecule has 0 aliphatic rings. The Labute approximate surface area is 181 Å². The maximum Gasteiger partial charge on any atom is 0.220 e. The van der Waals surface area contributed by atoms with Crippen LogP contribution >= 0.6 is 0 Å². The highest BCUT2D eigenvalue weighted by molar-refractivity contribution is 6.10. The van der Waals surface area contributed by atoms with Gasteiger partial charge in [0.05, 0.1) is 17.9 Å². The number of unbranched alkanes of at least 4 members (excludes halogenated alkanes) is 2. The zero-order chi connectivity index (χ0) is 21.9. The van der Waals surface area contributed by atoms with Crippen LogP contribution in [0.1, 0.15) is 55.4 Å². The van der Waals surface area contributed by atoms with Gasteiger partial charge in [0.25, 0.3) is 0 Å². The van der Waals surface area contributed by atoms with Gasteiger partial charge in [0.1, 0.15) is 0 Å². The summed E-state index contributed by atoms with van der Waals surface area (Å²) in [7, 11) is 1.75. The van der Waals surface area contributed by atoms with Crippen LogP contribution in [0.4, 0.5) is 0 Å². The molecular weight excluding hydrogens is 394 g/mol. The average molecular weight is 422 g/mol. The van der Waals surface area contributed by atoms with E-state index < -0.39 is 0 Å². The number of amides is 1. The minimum atomic E-state index is 0.0475. The van der Waals surface area contributed by atoms with Crippen molar-refractivity contribution in [3.63, 3.8) is 0 Å². The second kappa shape index (κ2) is 11.5. The van der Waals surface area contributed by atoms with E-state index in [1.54, 1.807) is 7.05 Å². The number of tetrazole rings is 1. The second-order valence-corrected chi connectivity index (χ2v) is 7.06. The molecule has 0 aliphatic heterocycles. The molecule has 0 unspecified atom stereocenters. The van der Waals surface area contributed by atoms with E-state index in [2.05, 4.69) is 37.9 Å². The molecule has 0 fully saturated rings. The summed E-state index contributed by atoms with van der Waals surface area (Å²) in [4.78, 5) is 22.0. The van der Waals surface area contributed by atoms with Crippen molar-refractivity contribution in [2.45, 2.75) is 45.8 Å². The highest BCUT2D eigenvalue weighted by Gasteiger charge is 2.14. The number of aryl methyl sites for hydroxylation is 1. The van der Waals surface area contributed by atoms with Crippen LogP contribution in [0.5, 0.6) is 0 Å². The van der Waals surface area contributed by atoms with Crippen molar-refractivity contribution >= 4 is 11.6 Å². The lowest BCUT2D eigenvalue weighted by Gasteiger charge is -2.08. The van der Waals surface area contributed by atoms with E-state index in [-0.39, 0.29) is 12.5 Å². The molecule has 0 aliphatic carbocycles. The van der Waals surface area contributed by atoms with Gasteiger partial charge in [-0.25, -0.2) is 4.68 Å². The summed E-state index contributed by atoms with van der Waals surface area (Å²) >= 11 is 0. The van der Waals surface area contributed by atoms with Gasteiger partial charge in [-0.2, -0.15) is 0 Å². The molecule has 9 nitrogen and oxygen atoms in total. The minimum absolute atomic E-state index is 0.0475. The zero-order valence-electron chi connectivity index (χ0n) is 17.9. The van der Waals surface area contributed by atoms with Gasteiger partial charge in [-0.05, 0) is 29.0 Å². The highest BCUT2D eigenvalue weighted by Crippen LogP contribution is 2.09. The number of pyridine rings is 1. The number of nitrogens with zero attached hydrogens (tertiary/aromatic N) is 6. The standard InChI is InChI=1S/C22H27N7O2/c1-3-4-6-14-20(30)23-15-18-12-9-13-19(24-18)16-31-26-21(17-10-7-5-8-11-17)22-25-27-28-29(22)2/h5,7-13H,3-4,6,14-16H2,1-2H3,(H,23,30). The molecule has 0 saturated heterocycles. The van der Waals surface area contributed by atoms with Gasteiger partial charge in [-0.15, -0.1) is 5.10 Å². The van der Waals surface area contributed by atoms with Crippen molar-refractivity contribution in [3.8, 4) is 0 Å². The molecular formula is C22H27N7O2. The zero-order valence-corrected chi connectivity index (χ0v) is 17.9. The summed E-state index contributed by atoms with van der Waals surface area (Å²) in [6.07, 6.45) is 3.61. The molecule has 0 saturated carbocycles. The van der Waals surface area contributed by atoms with Crippen molar-refractivity contribution in [2.75, 3.05) is 0 Å². The number of rotatable bonds is 11. The van der Waals surface area contributed by atoms with Crippen LogP contribution in [0, 0.1) is 0 Å². The number of carbonyl (C=O) groups is 1. The van der Waals surface area contributed by atoms with Gasteiger partial charge in [-0.3, -0.25) is 9.78 Å². The quantitative estimate of drug-likeness (QED) is 0.290. The van der Waals surface area contributed by atoms with E-state index in [1.165, 1.54) is 4.68 Å². The first kappa shape index (κ1) is 22.1. The van der Waals surface area contributed by atoms with Crippen LogP contribution in [0.3, 0.4) is 0 Å². The fourth-order valence-corrected chi connectivity index (χ4v) is 2.93. The molecule has 2 heterocycles. The van der Waals surface area contributed by atoms with Gasteiger partial charge in [-0.1, -0.05) is 61.3 Å². The van der Waals surface area contributed by atoms with E-state index in [0.717, 1.165) is 30.5 Å². The fourth-order valence-electron chi connectivity index (χ4n) is 2.93. The Kier molecular flexibility index (Phi) is 8.21. The topological polar surface area (TPSA) is 107 Å². The molecule has 1 aromatic carbocycles. The third-order valence-corrected chi connectivity index (χ3v) is 4.59. The number of aromatic nitrogens is 5. The van der Waals surface area contributed by atoms with Crippen LogP contribution in [-0.2, 0) is 29.8 Å². The lowest BCUT2D eigenvalue weighted by molar-refractivity contribution is -0.121. The number of oxime groups is 1. The van der Waals surface area contributed by atoms with Crippen LogP contribution < -0.4 is 5.32 Å². The Morgan fingerprint density at radius 2 is 1.90 bits per heavy atom. The molecule has 1 amide bonds. The minimum Gasteiger partial charge on any atom is -0.389 e. The Hall–Kier alpha value is -3.62. The molecule has 0 spiro atoms. The van der Waals surface area contributed by atoms with Gasteiger partial charge < -0.3 is 10.2 Å². The third-order valence-electron chi connectivity index (χ3n) is 4.59. The van der Waals surface area contributed by atoms with Crippen LogP contribution in [0.25, 0.3) is 0 Å². The maximum atomic E-state index is 11.9.